The first-order valence-electron chi connectivity index (χ1n) is 8.38. The Kier molecular flexibility index (Phi) is 4.86. The van der Waals surface area contributed by atoms with Crippen LogP contribution < -0.4 is 15.5 Å². The van der Waals surface area contributed by atoms with Crippen molar-refractivity contribution in [2.24, 2.45) is 0 Å². The van der Waals surface area contributed by atoms with Crippen LogP contribution in [0, 0.1) is 6.92 Å². The molecule has 3 rings (SSSR count). The molecule has 2 N–H and O–H groups in total. The van der Waals surface area contributed by atoms with Gasteiger partial charge in [0.1, 0.15) is 0 Å². The van der Waals surface area contributed by atoms with Crippen molar-refractivity contribution in [3.05, 3.63) is 64.7 Å². The van der Waals surface area contributed by atoms with E-state index in [1.807, 2.05) is 14.1 Å². The molecule has 0 aliphatic carbocycles. The number of carbonyl (C=O) groups excluding carboxylic acids is 1. The van der Waals surface area contributed by atoms with Crippen LogP contribution in [0.3, 0.4) is 0 Å². The number of carbonyl (C=O) groups is 1. The van der Waals surface area contributed by atoms with E-state index in [2.05, 4.69) is 64.9 Å². The monoisotopic (exact) mass is 323 g/mol. The summed E-state index contributed by atoms with van der Waals surface area (Å²) in [4.78, 5) is 14.7. The van der Waals surface area contributed by atoms with Crippen LogP contribution in [0.5, 0.6) is 0 Å². The highest BCUT2D eigenvalue weighted by Crippen LogP contribution is 2.25. The first-order valence-corrected chi connectivity index (χ1v) is 8.38. The zero-order chi connectivity index (χ0) is 17.1. The van der Waals surface area contributed by atoms with E-state index in [0.717, 1.165) is 23.4 Å². The molecule has 0 spiro atoms. The average molecular weight is 323 g/mol. The fourth-order valence-corrected chi connectivity index (χ4v) is 3.12. The van der Waals surface area contributed by atoms with Gasteiger partial charge < -0.3 is 15.5 Å². The van der Waals surface area contributed by atoms with E-state index >= 15 is 0 Å². The molecule has 4 heteroatoms. The third-order valence-corrected chi connectivity index (χ3v) is 4.58. The highest BCUT2D eigenvalue weighted by molar-refractivity contribution is 5.84. The molecule has 1 aliphatic heterocycles. The van der Waals surface area contributed by atoms with Crippen molar-refractivity contribution in [1.29, 1.82) is 0 Å². The molecule has 0 aromatic heterocycles. The van der Waals surface area contributed by atoms with E-state index in [-0.39, 0.29) is 11.8 Å². The van der Waals surface area contributed by atoms with Crippen molar-refractivity contribution in [3.8, 4) is 0 Å². The van der Waals surface area contributed by atoms with Gasteiger partial charge in [0, 0.05) is 39.4 Å². The third-order valence-electron chi connectivity index (χ3n) is 4.58. The molecule has 4 nitrogen and oxygen atoms in total. The van der Waals surface area contributed by atoms with Gasteiger partial charge in [-0.1, -0.05) is 35.9 Å². The molecule has 2 aromatic carbocycles. The highest BCUT2D eigenvalue weighted by atomic mass is 16.1. The molecule has 24 heavy (non-hydrogen) atoms. The summed E-state index contributed by atoms with van der Waals surface area (Å²) < 4.78 is 0. The lowest BCUT2D eigenvalue weighted by Gasteiger charge is -2.26. The van der Waals surface area contributed by atoms with E-state index in [0.29, 0.717) is 13.1 Å². The SMILES string of the molecule is Cc1ccc2c(c1)C(C(=O)NCc1ccc(N(C)C)cc1)CNC2. The van der Waals surface area contributed by atoms with Crippen molar-refractivity contribution >= 4 is 11.6 Å². The Balaban J connectivity index is 1.67. The average Bonchev–Trinajstić information content (AvgIpc) is 2.59. The van der Waals surface area contributed by atoms with Crippen LogP contribution in [0.1, 0.15) is 28.2 Å². The standard InChI is InChI=1S/C20H25N3O/c1-14-4-7-16-12-21-13-19(18(16)10-14)20(24)22-11-15-5-8-17(9-6-15)23(2)3/h4-10,19,21H,11-13H2,1-3H3,(H,22,24). The largest absolute Gasteiger partial charge is 0.378 e. The number of hydrogen-bond donors (Lipinski definition) is 2. The Bertz CT molecular complexity index is 722. The van der Waals surface area contributed by atoms with Gasteiger partial charge in [-0.15, -0.1) is 0 Å². The summed E-state index contributed by atoms with van der Waals surface area (Å²) in [6.45, 7) is 4.17. The van der Waals surface area contributed by atoms with Gasteiger partial charge in [-0.05, 0) is 35.7 Å². The molecule has 1 heterocycles. The summed E-state index contributed by atoms with van der Waals surface area (Å²) in [5.41, 5.74) is 5.86. The third kappa shape index (κ3) is 3.60. The number of rotatable bonds is 4. The predicted octanol–water partition coefficient (Wildman–Crippen LogP) is 2.56. The number of nitrogens with zero attached hydrogens (tertiary/aromatic N) is 1. The van der Waals surface area contributed by atoms with Gasteiger partial charge in [0.25, 0.3) is 0 Å². The van der Waals surface area contributed by atoms with E-state index in [1.54, 1.807) is 0 Å². The number of benzene rings is 2. The molecule has 126 valence electrons. The topological polar surface area (TPSA) is 44.4 Å². The van der Waals surface area contributed by atoms with Crippen LogP contribution >= 0.6 is 0 Å². The highest BCUT2D eigenvalue weighted by Gasteiger charge is 2.26. The molecule has 1 unspecified atom stereocenters. The Morgan fingerprint density at radius 2 is 1.96 bits per heavy atom. The minimum absolute atomic E-state index is 0.0886. The van der Waals surface area contributed by atoms with E-state index in [4.69, 9.17) is 0 Å². The Hall–Kier alpha value is -2.33. The van der Waals surface area contributed by atoms with Crippen molar-refractivity contribution in [1.82, 2.24) is 10.6 Å². The summed E-state index contributed by atoms with van der Waals surface area (Å²) in [5.74, 6) is -0.0274. The Morgan fingerprint density at radius 1 is 1.21 bits per heavy atom. The molecule has 0 saturated carbocycles. The van der Waals surface area contributed by atoms with E-state index in [9.17, 15) is 4.79 Å². The minimum atomic E-state index is -0.116. The predicted molar refractivity (Wildman–Crippen MR) is 98.2 cm³/mol. The number of fused-ring (bicyclic) bond motifs is 1. The zero-order valence-corrected chi connectivity index (χ0v) is 14.6. The van der Waals surface area contributed by atoms with Gasteiger partial charge in [-0.3, -0.25) is 4.79 Å². The maximum atomic E-state index is 12.7. The Morgan fingerprint density at radius 3 is 2.67 bits per heavy atom. The fourth-order valence-electron chi connectivity index (χ4n) is 3.12. The van der Waals surface area contributed by atoms with Gasteiger partial charge in [-0.25, -0.2) is 0 Å². The van der Waals surface area contributed by atoms with Crippen LogP contribution in [0.25, 0.3) is 0 Å². The molecular weight excluding hydrogens is 298 g/mol. The lowest BCUT2D eigenvalue weighted by atomic mass is 9.89. The maximum absolute atomic E-state index is 12.7. The number of hydrogen-bond acceptors (Lipinski definition) is 3. The summed E-state index contributed by atoms with van der Waals surface area (Å²) in [7, 11) is 4.04. The van der Waals surface area contributed by atoms with Gasteiger partial charge in [0.15, 0.2) is 0 Å². The minimum Gasteiger partial charge on any atom is -0.378 e. The summed E-state index contributed by atoms with van der Waals surface area (Å²) in [6.07, 6.45) is 0. The molecule has 1 aliphatic rings. The van der Waals surface area contributed by atoms with Crippen molar-refractivity contribution in [2.75, 3.05) is 25.5 Å². The maximum Gasteiger partial charge on any atom is 0.229 e. The fraction of sp³-hybridized carbons (Fsp3) is 0.350. The van der Waals surface area contributed by atoms with Gasteiger partial charge >= 0.3 is 0 Å². The number of anilines is 1. The van der Waals surface area contributed by atoms with Crippen LogP contribution in [0.2, 0.25) is 0 Å². The number of amides is 1. The lowest BCUT2D eigenvalue weighted by Crippen LogP contribution is -2.38. The second-order valence-corrected chi connectivity index (χ2v) is 6.66. The van der Waals surface area contributed by atoms with Crippen LogP contribution in [-0.2, 0) is 17.9 Å². The molecule has 0 radical (unpaired) electrons. The van der Waals surface area contributed by atoms with Gasteiger partial charge in [0.2, 0.25) is 5.91 Å². The summed E-state index contributed by atoms with van der Waals surface area (Å²) in [6, 6.07) is 14.6. The zero-order valence-electron chi connectivity index (χ0n) is 14.6. The molecular formula is C20H25N3O. The van der Waals surface area contributed by atoms with Crippen molar-refractivity contribution in [3.63, 3.8) is 0 Å². The molecule has 1 atom stereocenters. The quantitative estimate of drug-likeness (QED) is 0.909. The second-order valence-electron chi connectivity index (χ2n) is 6.66. The van der Waals surface area contributed by atoms with Crippen molar-refractivity contribution < 1.29 is 4.79 Å². The van der Waals surface area contributed by atoms with Crippen molar-refractivity contribution in [2.45, 2.75) is 25.9 Å². The molecule has 0 bridgehead atoms. The first-order chi connectivity index (χ1) is 11.5. The molecule has 0 fully saturated rings. The second kappa shape index (κ2) is 7.05. The van der Waals surface area contributed by atoms with Crippen LogP contribution in [0.15, 0.2) is 42.5 Å². The van der Waals surface area contributed by atoms with Gasteiger partial charge in [0.05, 0.1) is 5.92 Å². The van der Waals surface area contributed by atoms with E-state index in [1.165, 1.54) is 11.1 Å². The number of aryl methyl sites for hydroxylation is 1. The van der Waals surface area contributed by atoms with Crippen LogP contribution in [-0.4, -0.2) is 26.5 Å². The summed E-state index contributed by atoms with van der Waals surface area (Å²) in [5, 5.41) is 6.43. The Labute approximate surface area is 143 Å². The summed E-state index contributed by atoms with van der Waals surface area (Å²) >= 11 is 0. The normalized spacial score (nSPS) is 16.4. The van der Waals surface area contributed by atoms with Gasteiger partial charge in [-0.2, -0.15) is 0 Å². The molecule has 1 amide bonds. The first kappa shape index (κ1) is 16.5. The number of nitrogens with one attached hydrogen (secondary N) is 2. The smallest absolute Gasteiger partial charge is 0.229 e. The molecule has 2 aromatic rings. The van der Waals surface area contributed by atoms with E-state index < -0.39 is 0 Å². The molecule has 0 saturated heterocycles. The lowest BCUT2D eigenvalue weighted by molar-refractivity contribution is -0.122. The van der Waals surface area contributed by atoms with Crippen LogP contribution in [0.4, 0.5) is 5.69 Å².